The molecule has 6 nitrogen and oxygen atoms in total. The van der Waals surface area contributed by atoms with E-state index >= 15 is 0 Å². The van der Waals surface area contributed by atoms with Crippen LogP contribution < -0.4 is 10.8 Å². The third kappa shape index (κ3) is 6.31. The fourth-order valence-corrected chi connectivity index (χ4v) is 2.79. The lowest BCUT2D eigenvalue weighted by Gasteiger charge is -2.14. The zero-order valence-corrected chi connectivity index (χ0v) is 15.3. The van der Waals surface area contributed by atoms with Gasteiger partial charge in [-0.05, 0) is 18.6 Å². The van der Waals surface area contributed by atoms with Crippen LogP contribution in [0.25, 0.3) is 0 Å². The van der Waals surface area contributed by atoms with Gasteiger partial charge in [-0.25, -0.2) is 28.5 Å². The molecular weight excluding hydrogens is 370 g/mol. The molecule has 1 heterocycles. The van der Waals surface area contributed by atoms with Crippen molar-refractivity contribution in [1.29, 1.82) is 0 Å². The molecular formula is C15H18F2N4O2S2. The molecule has 0 fully saturated rings. The van der Waals surface area contributed by atoms with Crippen molar-refractivity contribution >= 4 is 35.4 Å². The van der Waals surface area contributed by atoms with Gasteiger partial charge >= 0.3 is 0 Å². The summed E-state index contributed by atoms with van der Waals surface area (Å²) in [5.41, 5.74) is 3.01. The van der Waals surface area contributed by atoms with E-state index in [-0.39, 0.29) is 18.4 Å². The summed E-state index contributed by atoms with van der Waals surface area (Å²) < 4.78 is 31.7. The van der Waals surface area contributed by atoms with E-state index in [1.807, 2.05) is 0 Å². The second kappa shape index (κ2) is 9.76. The molecule has 0 radical (unpaired) electrons. The molecule has 0 bridgehead atoms. The van der Waals surface area contributed by atoms with Crippen LogP contribution in [0, 0.1) is 11.6 Å². The van der Waals surface area contributed by atoms with Gasteiger partial charge in [-0.2, -0.15) is 0 Å². The maximum absolute atomic E-state index is 13.7. The summed E-state index contributed by atoms with van der Waals surface area (Å²) in [5, 5.41) is 12.6. The Morgan fingerprint density at radius 1 is 1.24 bits per heavy atom. The monoisotopic (exact) mass is 388 g/mol. The van der Waals surface area contributed by atoms with Crippen molar-refractivity contribution in [2.45, 2.75) is 23.9 Å². The molecule has 1 atom stereocenters. The summed E-state index contributed by atoms with van der Waals surface area (Å²) in [5.74, 6) is -0.0782. The summed E-state index contributed by atoms with van der Waals surface area (Å²) in [4.78, 5) is 8.59. The Hall–Kier alpha value is -1.62. The molecule has 136 valence electrons. The molecule has 0 unspecified atom stereocenters. The van der Waals surface area contributed by atoms with Crippen LogP contribution in [0.5, 0.6) is 0 Å². The van der Waals surface area contributed by atoms with E-state index in [0.29, 0.717) is 22.4 Å². The van der Waals surface area contributed by atoms with Gasteiger partial charge in [-0.1, -0.05) is 17.8 Å². The Morgan fingerprint density at radius 3 is 2.68 bits per heavy atom. The van der Waals surface area contributed by atoms with Crippen LogP contribution in [0.3, 0.4) is 0 Å². The van der Waals surface area contributed by atoms with Crippen molar-refractivity contribution in [1.82, 2.24) is 9.97 Å². The standard InChI is InChI=1S/C15H18F2N4O2S2/c1-9(7-22)18-13-6-14(21-23-24-2)20-15(19-13)25-8-10-3-4-11(16)5-12(10)17/h3-6,9,22H,7-8H2,1-2H3,(H2,18,19,20,21)/t9-/m1/s1. The number of aliphatic hydroxyl groups excluding tert-OH is 1. The minimum atomic E-state index is -0.618. The number of halogens is 2. The van der Waals surface area contributed by atoms with Crippen molar-refractivity contribution in [2.24, 2.45) is 0 Å². The van der Waals surface area contributed by atoms with Crippen LogP contribution in [-0.2, 0) is 10.0 Å². The molecule has 0 aliphatic heterocycles. The van der Waals surface area contributed by atoms with Crippen molar-refractivity contribution in [2.75, 3.05) is 23.7 Å². The van der Waals surface area contributed by atoms with Crippen LogP contribution in [0.4, 0.5) is 20.4 Å². The van der Waals surface area contributed by atoms with Gasteiger partial charge in [0.1, 0.15) is 17.5 Å². The third-order valence-electron chi connectivity index (χ3n) is 2.98. The van der Waals surface area contributed by atoms with Gasteiger partial charge in [-0.3, -0.25) is 0 Å². The lowest BCUT2D eigenvalue weighted by Crippen LogP contribution is -2.20. The Balaban J connectivity index is 2.15. The minimum Gasteiger partial charge on any atom is -0.394 e. The fourth-order valence-electron chi connectivity index (χ4n) is 1.78. The SMILES string of the molecule is CSONc1cc(N[C@H](C)CO)nc(SCc2ccc(F)cc2F)n1. The number of anilines is 2. The number of thioether (sulfide) groups is 1. The molecule has 10 heteroatoms. The van der Waals surface area contributed by atoms with E-state index in [0.717, 1.165) is 18.1 Å². The Kier molecular flexibility index (Phi) is 7.69. The topological polar surface area (TPSA) is 79.3 Å². The van der Waals surface area contributed by atoms with Gasteiger partial charge in [0.05, 0.1) is 6.61 Å². The maximum atomic E-state index is 13.7. The van der Waals surface area contributed by atoms with Crippen molar-refractivity contribution < 1.29 is 18.2 Å². The zero-order chi connectivity index (χ0) is 18.2. The zero-order valence-electron chi connectivity index (χ0n) is 13.6. The predicted molar refractivity (Wildman–Crippen MR) is 96.3 cm³/mol. The first-order chi connectivity index (χ1) is 12.0. The highest BCUT2D eigenvalue weighted by atomic mass is 32.2. The van der Waals surface area contributed by atoms with Crippen molar-refractivity contribution in [3.63, 3.8) is 0 Å². The van der Waals surface area contributed by atoms with Crippen LogP contribution in [0.1, 0.15) is 12.5 Å². The maximum Gasteiger partial charge on any atom is 0.191 e. The lowest BCUT2D eigenvalue weighted by atomic mass is 10.2. The molecule has 3 N–H and O–H groups in total. The second-order valence-corrected chi connectivity index (χ2v) is 6.47. The first kappa shape index (κ1) is 19.7. The molecule has 0 saturated carbocycles. The quantitative estimate of drug-likeness (QED) is 0.261. The number of nitrogens with zero attached hydrogens (tertiary/aromatic N) is 2. The van der Waals surface area contributed by atoms with E-state index in [1.54, 1.807) is 19.2 Å². The van der Waals surface area contributed by atoms with Crippen LogP contribution >= 0.6 is 23.8 Å². The normalized spacial score (nSPS) is 12.0. The molecule has 1 aromatic heterocycles. The summed E-state index contributed by atoms with van der Waals surface area (Å²) in [6.45, 7) is 1.74. The number of benzene rings is 1. The highest BCUT2D eigenvalue weighted by Crippen LogP contribution is 2.25. The van der Waals surface area contributed by atoms with E-state index in [1.165, 1.54) is 23.9 Å². The average molecular weight is 388 g/mol. The van der Waals surface area contributed by atoms with Gasteiger partial charge in [0.15, 0.2) is 11.0 Å². The molecule has 0 spiro atoms. The van der Waals surface area contributed by atoms with Crippen LogP contribution in [-0.4, -0.2) is 34.0 Å². The van der Waals surface area contributed by atoms with Crippen molar-refractivity contribution in [3.8, 4) is 0 Å². The smallest absolute Gasteiger partial charge is 0.191 e. The molecule has 0 aliphatic carbocycles. The molecule has 0 aliphatic rings. The predicted octanol–water partition coefficient (Wildman–Crippen LogP) is 3.46. The second-order valence-electron chi connectivity index (χ2n) is 5.03. The summed E-state index contributed by atoms with van der Waals surface area (Å²) in [6.07, 6.45) is 1.74. The van der Waals surface area contributed by atoms with E-state index < -0.39 is 11.6 Å². The number of aliphatic hydroxyl groups is 1. The Labute approximate surface area is 153 Å². The number of nitrogens with one attached hydrogen (secondary N) is 2. The van der Waals surface area contributed by atoms with Gasteiger partial charge < -0.3 is 10.4 Å². The Bertz CT molecular complexity index is 709. The van der Waals surface area contributed by atoms with Gasteiger partial charge in [-0.15, -0.1) is 0 Å². The summed E-state index contributed by atoms with van der Waals surface area (Å²) in [6, 6.07) is 4.88. The van der Waals surface area contributed by atoms with Crippen LogP contribution in [0.15, 0.2) is 29.4 Å². The van der Waals surface area contributed by atoms with E-state index in [9.17, 15) is 8.78 Å². The number of rotatable bonds is 9. The molecule has 2 aromatic rings. The molecule has 2 rings (SSSR count). The average Bonchev–Trinajstić information content (AvgIpc) is 2.59. The minimum absolute atomic E-state index is 0.0582. The number of hydrogen-bond acceptors (Lipinski definition) is 8. The first-order valence-corrected chi connectivity index (χ1v) is 9.44. The number of aromatic nitrogens is 2. The van der Waals surface area contributed by atoms with Gasteiger partial charge in [0.25, 0.3) is 0 Å². The lowest BCUT2D eigenvalue weighted by molar-refractivity contribution is 0.281. The molecule has 0 saturated heterocycles. The molecule has 0 amide bonds. The third-order valence-corrected chi connectivity index (χ3v) is 4.12. The van der Waals surface area contributed by atoms with E-state index in [2.05, 4.69) is 20.8 Å². The van der Waals surface area contributed by atoms with Gasteiger partial charge in [0.2, 0.25) is 0 Å². The first-order valence-electron chi connectivity index (χ1n) is 7.30. The van der Waals surface area contributed by atoms with Crippen LogP contribution in [0.2, 0.25) is 0 Å². The highest BCUT2D eigenvalue weighted by molar-refractivity contribution is 7.98. The molecule has 1 aromatic carbocycles. The summed E-state index contributed by atoms with van der Waals surface area (Å²) in [7, 11) is 0. The van der Waals surface area contributed by atoms with E-state index in [4.69, 9.17) is 9.39 Å². The van der Waals surface area contributed by atoms with Crippen molar-refractivity contribution in [3.05, 3.63) is 41.5 Å². The number of hydrogen-bond donors (Lipinski definition) is 3. The highest BCUT2D eigenvalue weighted by Gasteiger charge is 2.10. The molecule has 25 heavy (non-hydrogen) atoms. The Morgan fingerprint density at radius 2 is 2.00 bits per heavy atom. The summed E-state index contributed by atoms with van der Waals surface area (Å²) >= 11 is 2.32. The van der Waals surface area contributed by atoms with Gasteiger partial charge in [0, 0.05) is 42.2 Å². The largest absolute Gasteiger partial charge is 0.394 e. The fraction of sp³-hybridized carbons (Fsp3) is 0.333.